The van der Waals surface area contributed by atoms with E-state index in [1.54, 1.807) is 30.3 Å². The predicted octanol–water partition coefficient (Wildman–Crippen LogP) is 2.52. The van der Waals surface area contributed by atoms with E-state index in [0.717, 1.165) is 0 Å². The van der Waals surface area contributed by atoms with E-state index in [0.29, 0.717) is 22.9 Å². The summed E-state index contributed by atoms with van der Waals surface area (Å²) in [4.78, 5) is 0. The molecule has 6 nitrogen and oxygen atoms in total. The van der Waals surface area contributed by atoms with E-state index in [2.05, 4.69) is 4.72 Å². The maximum Gasteiger partial charge on any atom is 0.236 e. The zero-order chi connectivity index (χ0) is 16.7. The number of rotatable bonds is 8. The highest BCUT2D eigenvalue weighted by Crippen LogP contribution is 2.26. The number of hydrogen-bond donors (Lipinski definition) is 1. The monoisotopic (exact) mass is 337 g/mol. The molecule has 0 atom stereocenters. The SMILES string of the molecule is COc1cc(NS(=O)(=O)CCOc2ccccc2)cc(OC)c1. The topological polar surface area (TPSA) is 73.9 Å². The quantitative estimate of drug-likeness (QED) is 0.801. The number of ether oxygens (including phenoxy) is 3. The fraction of sp³-hybridized carbons (Fsp3) is 0.250. The molecule has 1 N–H and O–H groups in total. The van der Waals surface area contributed by atoms with Gasteiger partial charge in [-0.15, -0.1) is 0 Å². The predicted molar refractivity (Wildman–Crippen MR) is 88.9 cm³/mol. The van der Waals surface area contributed by atoms with Crippen molar-refractivity contribution in [2.75, 3.05) is 31.3 Å². The number of sulfonamides is 1. The van der Waals surface area contributed by atoms with Crippen LogP contribution in [0.5, 0.6) is 17.2 Å². The van der Waals surface area contributed by atoms with Crippen molar-refractivity contribution in [2.24, 2.45) is 0 Å². The molecule has 124 valence electrons. The lowest BCUT2D eigenvalue weighted by Crippen LogP contribution is -2.21. The van der Waals surface area contributed by atoms with Crippen LogP contribution >= 0.6 is 0 Å². The molecule has 0 saturated heterocycles. The maximum absolute atomic E-state index is 12.1. The number of benzene rings is 2. The second-order valence-electron chi connectivity index (χ2n) is 4.68. The summed E-state index contributed by atoms with van der Waals surface area (Å²) in [5.74, 6) is 1.47. The first kappa shape index (κ1) is 17.0. The molecule has 0 aliphatic rings. The molecule has 2 aromatic rings. The zero-order valence-corrected chi connectivity index (χ0v) is 13.8. The Balaban J connectivity index is 1.98. The van der Waals surface area contributed by atoms with Crippen molar-refractivity contribution in [1.29, 1.82) is 0 Å². The van der Waals surface area contributed by atoms with E-state index in [-0.39, 0.29) is 12.4 Å². The minimum absolute atomic E-state index is 0.0560. The van der Waals surface area contributed by atoms with Gasteiger partial charge in [0.05, 0.1) is 19.9 Å². The van der Waals surface area contributed by atoms with Gasteiger partial charge in [-0.25, -0.2) is 8.42 Å². The largest absolute Gasteiger partial charge is 0.497 e. The minimum Gasteiger partial charge on any atom is -0.497 e. The van der Waals surface area contributed by atoms with Crippen molar-refractivity contribution < 1.29 is 22.6 Å². The molecule has 2 rings (SSSR count). The molecule has 0 bridgehead atoms. The molecule has 0 saturated carbocycles. The van der Waals surface area contributed by atoms with Gasteiger partial charge < -0.3 is 14.2 Å². The molecule has 2 aromatic carbocycles. The lowest BCUT2D eigenvalue weighted by molar-refractivity contribution is 0.341. The first-order valence-electron chi connectivity index (χ1n) is 6.94. The van der Waals surface area contributed by atoms with E-state index in [9.17, 15) is 8.42 Å². The molecule has 0 unspecified atom stereocenters. The van der Waals surface area contributed by atoms with Gasteiger partial charge in [0, 0.05) is 18.2 Å². The molecule has 7 heteroatoms. The lowest BCUT2D eigenvalue weighted by Gasteiger charge is -2.12. The fourth-order valence-corrected chi connectivity index (χ4v) is 2.76. The van der Waals surface area contributed by atoms with E-state index >= 15 is 0 Å². The van der Waals surface area contributed by atoms with Crippen LogP contribution in [0, 0.1) is 0 Å². The Bertz CT molecular complexity index is 709. The highest BCUT2D eigenvalue weighted by molar-refractivity contribution is 7.92. The molecule has 0 amide bonds. The second-order valence-corrected chi connectivity index (χ2v) is 6.53. The van der Waals surface area contributed by atoms with Gasteiger partial charge in [0.2, 0.25) is 10.0 Å². The molecule has 0 fully saturated rings. The third-order valence-corrected chi connectivity index (χ3v) is 4.24. The smallest absolute Gasteiger partial charge is 0.236 e. The molecule has 0 aliphatic carbocycles. The maximum atomic E-state index is 12.1. The number of para-hydroxylation sites is 1. The first-order valence-corrected chi connectivity index (χ1v) is 8.59. The summed E-state index contributed by atoms with van der Waals surface area (Å²) in [5.41, 5.74) is 0.376. The molecule has 23 heavy (non-hydrogen) atoms. The van der Waals surface area contributed by atoms with Crippen molar-refractivity contribution in [1.82, 2.24) is 0 Å². The van der Waals surface area contributed by atoms with Crippen LogP contribution in [0.1, 0.15) is 0 Å². The highest BCUT2D eigenvalue weighted by atomic mass is 32.2. The number of anilines is 1. The Hall–Kier alpha value is -2.41. The average Bonchev–Trinajstić information content (AvgIpc) is 2.54. The minimum atomic E-state index is -3.54. The van der Waals surface area contributed by atoms with Gasteiger partial charge in [-0.05, 0) is 12.1 Å². The summed E-state index contributed by atoms with van der Waals surface area (Å²) < 4.78 is 42.3. The first-order chi connectivity index (χ1) is 11.0. The Labute approximate surface area is 136 Å². The molecule has 0 aromatic heterocycles. The second kappa shape index (κ2) is 7.73. The van der Waals surface area contributed by atoms with Crippen molar-refractivity contribution >= 4 is 15.7 Å². The van der Waals surface area contributed by atoms with Crippen LogP contribution < -0.4 is 18.9 Å². The summed E-state index contributed by atoms with van der Waals surface area (Å²) >= 11 is 0. The van der Waals surface area contributed by atoms with E-state index in [1.807, 2.05) is 18.2 Å². The summed E-state index contributed by atoms with van der Waals surface area (Å²) in [7, 11) is -0.539. The Kier molecular flexibility index (Phi) is 5.70. The molecule has 0 radical (unpaired) electrons. The van der Waals surface area contributed by atoms with Crippen molar-refractivity contribution in [3.63, 3.8) is 0 Å². The van der Waals surface area contributed by atoms with Crippen molar-refractivity contribution in [3.05, 3.63) is 48.5 Å². The summed E-state index contributed by atoms with van der Waals surface area (Å²) in [6.45, 7) is 0.0560. The van der Waals surface area contributed by atoms with Crippen molar-refractivity contribution in [3.8, 4) is 17.2 Å². The van der Waals surface area contributed by atoms with Gasteiger partial charge in [-0.1, -0.05) is 18.2 Å². The average molecular weight is 337 g/mol. The third kappa shape index (κ3) is 5.37. The van der Waals surface area contributed by atoms with E-state index < -0.39 is 10.0 Å². The lowest BCUT2D eigenvalue weighted by atomic mass is 10.3. The van der Waals surface area contributed by atoms with Crippen LogP contribution in [0.3, 0.4) is 0 Å². The summed E-state index contributed by atoms with van der Waals surface area (Å²) in [5, 5.41) is 0. The fourth-order valence-electron chi connectivity index (χ4n) is 1.88. The molecule has 0 aliphatic heterocycles. The molecule has 0 spiro atoms. The molecular weight excluding hydrogens is 318 g/mol. The van der Waals surface area contributed by atoms with Crippen LogP contribution in [0.4, 0.5) is 5.69 Å². The van der Waals surface area contributed by atoms with Crippen LogP contribution in [0.2, 0.25) is 0 Å². The molecular formula is C16H19NO5S. The van der Waals surface area contributed by atoms with Crippen molar-refractivity contribution in [2.45, 2.75) is 0 Å². The van der Waals surface area contributed by atoms with Gasteiger partial charge >= 0.3 is 0 Å². The van der Waals surface area contributed by atoms with Crippen LogP contribution in [0.25, 0.3) is 0 Å². The molecule has 0 heterocycles. The van der Waals surface area contributed by atoms with E-state index in [4.69, 9.17) is 14.2 Å². The Morgan fingerprint density at radius 2 is 1.52 bits per heavy atom. The number of methoxy groups -OCH3 is 2. The van der Waals surface area contributed by atoms with Crippen LogP contribution in [-0.4, -0.2) is 35.0 Å². The number of nitrogens with one attached hydrogen (secondary N) is 1. The zero-order valence-electron chi connectivity index (χ0n) is 13.0. The van der Waals surface area contributed by atoms with Gasteiger partial charge in [0.1, 0.15) is 29.6 Å². The van der Waals surface area contributed by atoms with Gasteiger partial charge in [0.15, 0.2) is 0 Å². The highest BCUT2D eigenvalue weighted by Gasteiger charge is 2.12. The van der Waals surface area contributed by atoms with E-state index in [1.165, 1.54) is 14.2 Å². The van der Waals surface area contributed by atoms with Crippen LogP contribution in [-0.2, 0) is 10.0 Å². The van der Waals surface area contributed by atoms with Gasteiger partial charge in [0.25, 0.3) is 0 Å². The standard InChI is InChI=1S/C16H19NO5S/c1-20-15-10-13(11-16(12-15)21-2)17-23(18,19)9-8-22-14-6-4-3-5-7-14/h3-7,10-12,17H,8-9H2,1-2H3. The summed E-state index contributed by atoms with van der Waals surface area (Å²) in [6, 6.07) is 13.9. The van der Waals surface area contributed by atoms with Gasteiger partial charge in [-0.2, -0.15) is 0 Å². The van der Waals surface area contributed by atoms with Gasteiger partial charge in [-0.3, -0.25) is 4.72 Å². The number of hydrogen-bond acceptors (Lipinski definition) is 5. The third-order valence-electron chi connectivity index (χ3n) is 2.99. The van der Waals surface area contributed by atoms with Crippen LogP contribution in [0.15, 0.2) is 48.5 Å². The Morgan fingerprint density at radius 3 is 2.09 bits per heavy atom. The normalized spacial score (nSPS) is 10.9. The Morgan fingerprint density at radius 1 is 0.913 bits per heavy atom. The summed E-state index contributed by atoms with van der Waals surface area (Å²) in [6.07, 6.45) is 0.